The number of hydrogen-bond donors (Lipinski definition) is 2. The minimum absolute atomic E-state index is 0.369. The molecule has 1 aromatic rings. The molecule has 0 spiro atoms. The smallest absolute Gasteiger partial charge is 0.370 e. The number of aliphatic imine (C=N–C) groups is 1. The summed E-state index contributed by atoms with van der Waals surface area (Å²) in [7, 11) is 0. The normalized spacial score (nSPS) is 12.2. The van der Waals surface area contributed by atoms with Crippen LogP contribution in [0.15, 0.2) is 40.0 Å². The molecule has 0 aliphatic carbocycles. The SMILES string of the molecule is NOC(=O)/C(Cl)=C(/N=Cc1ccccc1Cl)C(=O)O. The number of rotatable bonds is 4. The maximum Gasteiger partial charge on any atom is 0.370 e. The van der Waals surface area contributed by atoms with Crippen molar-refractivity contribution in [2.75, 3.05) is 0 Å². The Hall–Kier alpha value is -1.89. The molecule has 6 nitrogen and oxygen atoms in total. The molecule has 0 amide bonds. The number of benzene rings is 1. The van der Waals surface area contributed by atoms with Crippen molar-refractivity contribution < 1.29 is 19.5 Å². The van der Waals surface area contributed by atoms with Crippen LogP contribution in [0.2, 0.25) is 5.02 Å². The summed E-state index contributed by atoms with van der Waals surface area (Å²) >= 11 is 11.4. The van der Waals surface area contributed by atoms with Gasteiger partial charge in [0, 0.05) is 16.8 Å². The van der Waals surface area contributed by atoms with Crippen LogP contribution in [0, 0.1) is 0 Å². The maximum atomic E-state index is 11.0. The van der Waals surface area contributed by atoms with Crippen LogP contribution in [0.25, 0.3) is 0 Å². The van der Waals surface area contributed by atoms with Crippen molar-refractivity contribution in [3.05, 3.63) is 45.6 Å². The fourth-order valence-corrected chi connectivity index (χ4v) is 1.43. The summed E-state index contributed by atoms with van der Waals surface area (Å²) in [6, 6.07) is 6.60. The zero-order valence-electron chi connectivity index (χ0n) is 9.34. The Morgan fingerprint density at radius 2 is 2.00 bits per heavy atom. The van der Waals surface area contributed by atoms with E-state index in [1.807, 2.05) is 0 Å². The lowest BCUT2D eigenvalue weighted by molar-refractivity contribution is -0.140. The van der Waals surface area contributed by atoms with E-state index < -0.39 is 22.7 Å². The van der Waals surface area contributed by atoms with E-state index >= 15 is 0 Å². The van der Waals surface area contributed by atoms with E-state index in [2.05, 4.69) is 15.7 Å². The quantitative estimate of drug-likeness (QED) is 0.501. The molecular formula is C11H8Cl2N2O4. The summed E-state index contributed by atoms with van der Waals surface area (Å²) in [5, 5.41) is 8.53. The lowest BCUT2D eigenvalue weighted by Gasteiger charge is -2.00. The van der Waals surface area contributed by atoms with Crippen LogP contribution in [-0.2, 0) is 14.4 Å². The second-order valence-corrected chi connectivity index (χ2v) is 3.94. The lowest BCUT2D eigenvalue weighted by atomic mass is 10.2. The third-order valence-electron chi connectivity index (χ3n) is 1.93. The van der Waals surface area contributed by atoms with Gasteiger partial charge in [-0.3, -0.25) is 0 Å². The van der Waals surface area contributed by atoms with Gasteiger partial charge in [0.25, 0.3) is 0 Å². The minimum atomic E-state index is -1.50. The van der Waals surface area contributed by atoms with Gasteiger partial charge in [0.15, 0.2) is 10.7 Å². The highest BCUT2D eigenvalue weighted by Gasteiger charge is 2.19. The van der Waals surface area contributed by atoms with E-state index in [4.69, 9.17) is 28.3 Å². The summed E-state index contributed by atoms with van der Waals surface area (Å²) in [6.07, 6.45) is 1.16. The first-order valence-electron chi connectivity index (χ1n) is 4.80. The molecule has 0 aliphatic rings. The molecule has 1 aromatic carbocycles. The third kappa shape index (κ3) is 4.06. The minimum Gasteiger partial charge on any atom is -0.476 e. The van der Waals surface area contributed by atoms with Crippen molar-refractivity contribution in [3.8, 4) is 0 Å². The molecule has 0 radical (unpaired) electrons. The Morgan fingerprint density at radius 3 is 2.53 bits per heavy atom. The van der Waals surface area contributed by atoms with Gasteiger partial charge >= 0.3 is 11.9 Å². The number of hydrogen-bond acceptors (Lipinski definition) is 5. The van der Waals surface area contributed by atoms with E-state index in [-0.39, 0.29) is 0 Å². The van der Waals surface area contributed by atoms with Gasteiger partial charge in [-0.15, -0.1) is 0 Å². The molecule has 100 valence electrons. The average molecular weight is 303 g/mol. The van der Waals surface area contributed by atoms with Crippen molar-refractivity contribution in [2.45, 2.75) is 0 Å². The van der Waals surface area contributed by atoms with Crippen molar-refractivity contribution in [1.29, 1.82) is 0 Å². The second-order valence-electron chi connectivity index (χ2n) is 3.15. The Bertz CT molecular complexity index is 570. The first-order valence-corrected chi connectivity index (χ1v) is 5.55. The van der Waals surface area contributed by atoms with Crippen LogP contribution >= 0.6 is 23.2 Å². The number of nitrogens with zero attached hydrogens (tertiary/aromatic N) is 1. The van der Waals surface area contributed by atoms with E-state index in [1.54, 1.807) is 24.3 Å². The van der Waals surface area contributed by atoms with Gasteiger partial charge in [0.2, 0.25) is 0 Å². The van der Waals surface area contributed by atoms with Crippen molar-refractivity contribution in [1.82, 2.24) is 0 Å². The fraction of sp³-hybridized carbons (Fsp3) is 0. The van der Waals surface area contributed by atoms with Crippen LogP contribution in [0.3, 0.4) is 0 Å². The third-order valence-corrected chi connectivity index (χ3v) is 2.61. The highest BCUT2D eigenvalue weighted by Crippen LogP contribution is 2.16. The zero-order valence-corrected chi connectivity index (χ0v) is 10.9. The average Bonchev–Trinajstić information content (AvgIpc) is 2.39. The van der Waals surface area contributed by atoms with Gasteiger partial charge in [-0.25, -0.2) is 14.6 Å². The summed E-state index contributed by atoms with van der Waals surface area (Å²) in [4.78, 5) is 29.4. The molecule has 0 fully saturated rings. The van der Waals surface area contributed by atoms with Gasteiger partial charge in [-0.1, -0.05) is 41.4 Å². The predicted molar refractivity (Wildman–Crippen MR) is 69.8 cm³/mol. The maximum absolute atomic E-state index is 11.0. The topological polar surface area (TPSA) is 102 Å². The van der Waals surface area contributed by atoms with Gasteiger partial charge in [-0.05, 0) is 6.07 Å². The lowest BCUT2D eigenvalue weighted by Crippen LogP contribution is -2.13. The molecule has 0 bridgehead atoms. The Balaban J connectivity index is 3.15. The Kier molecular flexibility index (Phi) is 5.50. The standard InChI is InChI=1S/C11H8Cl2N2O4/c12-7-4-2-1-3-6(7)5-15-9(10(16)17)8(13)11(18)19-14/h1-5H,14H2,(H,16,17)/b9-8-,15-5?. The van der Waals surface area contributed by atoms with Crippen LogP contribution in [0.4, 0.5) is 0 Å². The van der Waals surface area contributed by atoms with Gasteiger partial charge in [0.1, 0.15) is 0 Å². The molecule has 0 aliphatic heterocycles. The molecule has 8 heteroatoms. The number of nitrogens with two attached hydrogens (primary N) is 1. The molecule has 0 saturated carbocycles. The first-order chi connectivity index (χ1) is 8.97. The van der Waals surface area contributed by atoms with Crippen molar-refractivity contribution >= 4 is 41.4 Å². The molecule has 0 saturated heterocycles. The summed E-state index contributed by atoms with van der Waals surface area (Å²) in [5.41, 5.74) is -0.231. The number of halogens is 2. The predicted octanol–water partition coefficient (Wildman–Crippen LogP) is 1.71. The van der Waals surface area contributed by atoms with E-state index in [0.29, 0.717) is 10.6 Å². The molecule has 3 N–H and O–H groups in total. The van der Waals surface area contributed by atoms with E-state index in [9.17, 15) is 9.59 Å². The van der Waals surface area contributed by atoms with Crippen LogP contribution in [0.1, 0.15) is 5.56 Å². The van der Waals surface area contributed by atoms with Crippen molar-refractivity contribution in [2.24, 2.45) is 10.9 Å². The molecular weight excluding hydrogens is 295 g/mol. The highest BCUT2D eigenvalue weighted by atomic mass is 35.5. The number of carbonyl (C=O) groups excluding carboxylic acids is 1. The molecule has 0 unspecified atom stereocenters. The summed E-state index contributed by atoms with van der Waals surface area (Å²) in [5.74, 6) is 1.91. The Morgan fingerprint density at radius 1 is 1.37 bits per heavy atom. The number of carboxylic acids is 1. The highest BCUT2D eigenvalue weighted by molar-refractivity contribution is 6.43. The number of carboxylic acid groups (broad SMARTS) is 1. The molecule has 0 aromatic heterocycles. The van der Waals surface area contributed by atoms with Crippen molar-refractivity contribution in [3.63, 3.8) is 0 Å². The van der Waals surface area contributed by atoms with Crippen LogP contribution < -0.4 is 5.90 Å². The van der Waals surface area contributed by atoms with Gasteiger partial charge < -0.3 is 9.94 Å². The monoisotopic (exact) mass is 302 g/mol. The molecule has 0 atom stereocenters. The van der Waals surface area contributed by atoms with Gasteiger partial charge in [0.05, 0.1) is 0 Å². The largest absolute Gasteiger partial charge is 0.476 e. The van der Waals surface area contributed by atoms with Crippen LogP contribution in [0.5, 0.6) is 0 Å². The summed E-state index contributed by atoms with van der Waals surface area (Å²) in [6.45, 7) is 0. The fourth-order valence-electron chi connectivity index (χ4n) is 1.07. The zero-order chi connectivity index (χ0) is 14.4. The van der Waals surface area contributed by atoms with Crippen LogP contribution in [-0.4, -0.2) is 23.3 Å². The molecule has 0 heterocycles. The van der Waals surface area contributed by atoms with E-state index in [0.717, 1.165) is 6.21 Å². The first kappa shape index (κ1) is 15.2. The molecule has 1 rings (SSSR count). The number of aliphatic carboxylic acids is 1. The molecule has 19 heavy (non-hydrogen) atoms. The summed E-state index contributed by atoms with van der Waals surface area (Å²) < 4.78 is 0. The second kappa shape index (κ2) is 6.89. The Labute approximate surface area is 118 Å². The number of carbonyl (C=O) groups is 2. The van der Waals surface area contributed by atoms with E-state index in [1.165, 1.54) is 0 Å². The van der Waals surface area contributed by atoms with Gasteiger partial charge in [-0.2, -0.15) is 5.90 Å².